The van der Waals surface area contributed by atoms with Crippen LogP contribution in [0.15, 0.2) is 83.8 Å². The number of amides is 2. The molecule has 0 radical (unpaired) electrons. The van der Waals surface area contributed by atoms with Crippen molar-refractivity contribution in [1.82, 2.24) is 10.2 Å². The van der Waals surface area contributed by atoms with Crippen molar-refractivity contribution in [2.45, 2.75) is 64.4 Å². The van der Waals surface area contributed by atoms with Crippen molar-refractivity contribution in [3.63, 3.8) is 0 Å². The molecule has 0 aliphatic carbocycles. The SMILES string of the molecule is CCOc1ccc(N(CC(=O)N(CCc2ccccc2)[C@@H](CC)C(=O)NC(C)C)S(=O)(=O)c2ccc(C)cc2)cc1. The molecule has 0 unspecified atom stereocenters. The van der Waals surface area contributed by atoms with Gasteiger partial charge in [-0.15, -0.1) is 0 Å². The van der Waals surface area contributed by atoms with Crippen LogP contribution in [0.2, 0.25) is 0 Å². The molecule has 0 aliphatic heterocycles. The molecular weight excluding hydrogens is 538 g/mol. The van der Waals surface area contributed by atoms with Gasteiger partial charge in [0.25, 0.3) is 10.0 Å². The predicted octanol–water partition coefficient (Wildman–Crippen LogP) is 4.96. The highest BCUT2D eigenvalue weighted by Gasteiger charge is 2.33. The Balaban J connectivity index is 2.01. The van der Waals surface area contributed by atoms with Crippen LogP contribution in [0.5, 0.6) is 5.75 Å². The number of benzene rings is 3. The van der Waals surface area contributed by atoms with Crippen LogP contribution in [0.4, 0.5) is 5.69 Å². The summed E-state index contributed by atoms with van der Waals surface area (Å²) in [5, 5.41) is 2.91. The molecule has 0 saturated carbocycles. The van der Waals surface area contributed by atoms with Crippen LogP contribution in [-0.2, 0) is 26.0 Å². The summed E-state index contributed by atoms with van der Waals surface area (Å²) in [6, 6.07) is 22.0. The van der Waals surface area contributed by atoms with Crippen molar-refractivity contribution >= 4 is 27.5 Å². The molecule has 41 heavy (non-hydrogen) atoms. The summed E-state index contributed by atoms with van der Waals surface area (Å²) < 4.78 is 34.6. The highest BCUT2D eigenvalue weighted by molar-refractivity contribution is 7.92. The minimum atomic E-state index is -4.12. The number of nitrogens with zero attached hydrogens (tertiary/aromatic N) is 2. The number of nitrogens with one attached hydrogen (secondary N) is 1. The van der Waals surface area contributed by atoms with Crippen LogP contribution in [0.3, 0.4) is 0 Å². The topological polar surface area (TPSA) is 96.0 Å². The Morgan fingerprint density at radius 2 is 1.54 bits per heavy atom. The number of sulfonamides is 1. The minimum absolute atomic E-state index is 0.0743. The molecule has 3 rings (SSSR count). The van der Waals surface area contributed by atoms with Gasteiger partial charge in [-0.25, -0.2) is 8.42 Å². The van der Waals surface area contributed by atoms with E-state index in [4.69, 9.17) is 4.74 Å². The number of hydrogen-bond acceptors (Lipinski definition) is 5. The zero-order chi connectivity index (χ0) is 30.0. The van der Waals surface area contributed by atoms with Crippen molar-refractivity contribution in [3.05, 3.63) is 90.0 Å². The Bertz CT molecular complexity index is 1380. The van der Waals surface area contributed by atoms with E-state index in [0.29, 0.717) is 30.9 Å². The number of aryl methyl sites for hydroxylation is 1. The standard InChI is InChI=1S/C32H41N3O5S/c1-6-30(32(37)33-24(3)4)34(22-21-26-11-9-8-10-12-26)31(36)23-35(27-15-17-28(18-16-27)40-7-2)41(38,39)29-19-13-25(5)14-20-29/h8-20,24,30H,6-7,21-23H2,1-5H3,(H,33,37)/t30-/m0/s1. The predicted molar refractivity (Wildman–Crippen MR) is 163 cm³/mol. The number of rotatable bonds is 14. The second-order valence-electron chi connectivity index (χ2n) is 10.2. The van der Waals surface area contributed by atoms with Crippen molar-refractivity contribution in [3.8, 4) is 5.75 Å². The molecule has 3 aromatic rings. The molecule has 0 aromatic heterocycles. The molecule has 220 valence electrons. The van der Waals surface area contributed by atoms with Gasteiger partial charge in [0, 0.05) is 12.6 Å². The Kier molecular flexibility index (Phi) is 11.3. The molecule has 0 bridgehead atoms. The van der Waals surface area contributed by atoms with E-state index in [1.165, 1.54) is 17.0 Å². The van der Waals surface area contributed by atoms with E-state index < -0.39 is 28.5 Å². The fraction of sp³-hybridized carbons (Fsp3) is 0.375. The average Bonchev–Trinajstić information content (AvgIpc) is 2.94. The summed E-state index contributed by atoms with van der Waals surface area (Å²) in [7, 11) is -4.12. The van der Waals surface area contributed by atoms with E-state index in [0.717, 1.165) is 15.4 Å². The number of carbonyl (C=O) groups is 2. The first-order chi connectivity index (χ1) is 19.6. The number of anilines is 1. The zero-order valence-electron chi connectivity index (χ0n) is 24.5. The van der Waals surface area contributed by atoms with Gasteiger partial charge in [-0.2, -0.15) is 0 Å². The Labute approximate surface area is 244 Å². The molecule has 0 saturated heterocycles. The monoisotopic (exact) mass is 579 g/mol. The molecule has 1 atom stereocenters. The molecular formula is C32H41N3O5S. The summed E-state index contributed by atoms with van der Waals surface area (Å²) >= 11 is 0. The molecule has 2 amide bonds. The number of ether oxygens (including phenoxy) is 1. The van der Waals surface area contributed by atoms with E-state index >= 15 is 0 Å². The lowest BCUT2D eigenvalue weighted by molar-refractivity contribution is -0.139. The lowest BCUT2D eigenvalue weighted by Gasteiger charge is -2.33. The largest absolute Gasteiger partial charge is 0.494 e. The summed E-state index contributed by atoms with van der Waals surface area (Å²) in [5.74, 6) is -0.134. The fourth-order valence-corrected chi connectivity index (χ4v) is 5.93. The molecule has 1 N–H and O–H groups in total. The van der Waals surface area contributed by atoms with Crippen molar-refractivity contribution in [2.24, 2.45) is 0 Å². The molecule has 0 spiro atoms. The molecule has 0 heterocycles. The van der Waals surface area contributed by atoms with Gasteiger partial charge in [0.1, 0.15) is 18.3 Å². The fourth-order valence-electron chi connectivity index (χ4n) is 4.52. The summed E-state index contributed by atoms with van der Waals surface area (Å²) in [6.45, 7) is 9.58. The smallest absolute Gasteiger partial charge is 0.264 e. The van der Waals surface area contributed by atoms with Gasteiger partial charge in [0.15, 0.2) is 0 Å². The Hall–Kier alpha value is -3.85. The second kappa shape index (κ2) is 14.7. The van der Waals surface area contributed by atoms with Gasteiger partial charge in [0.2, 0.25) is 11.8 Å². The van der Waals surface area contributed by atoms with Crippen LogP contribution >= 0.6 is 0 Å². The number of hydrogen-bond donors (Lipinski definition) is 1. The maximum Gasteiger partial charge on any atom is 0.264 e. The van der Waals surface area contributed by atoms with Crippen molar-refractivity contribution in [2.75, 3.05) is 24.0 Å². The molecule has 9 heteroatoms. The lowest BCUT2D eigenvalue weighted by Crippen LogP contribution is -2.54. The second-order valence-corrected chi connectivity index (χ2v) is 12.0. The van der Waals surface area contributed by atoms with Crippen LogP contribution in [0, 0.1) is 6.92 Å². The molecule has 0 aliphatic rings. The van der Waals surface area contributed by atoms with Crippen molar-refractivity contribution in [1.29, 1.82) is 0 Å². The number of carbonyl (C=O) groups excluding carboxylic acids is 2. The maximum absolute atomic E-state index is 14.1. The van der Waals surface area contributed by atoms with E-state index in [1.807, 2.05) is 65.0 Å². The minimum Gasteiger partial charge on any atom is -0.494 e. The highest BCUT2D eigenvalue weighted by Crippen LogP contribution is 2.27. The van der Waals surface area contributed by atoms with E-state index in [2.05, 4.69) is 5.32 Å². The maximum atomic E-state index is 14.1. The Morgan fingerprint density at radius 3 is 2.10 bits per heavy atom. The first-order valence-electron chi connectivity index (χ1n) is 14.0. The van der Waals surface area contributed by atoms with Crippen LogP contribution < -0.4 is 14.4 Å². The van der Waals surface area contributed by atoms with Gasteiger partial charge >= 0.3 is 0 Å². The van der Waals surface area contributed by atoms with Gasteiger partial charge in [-0.05, 0) is 82.5 Å². The average molecular weight is 580 g/mol. The first-order valence-corrected chi connectivity index (χ1v) is 15.5. The van der Waals surface area contributed by atoms with Gasteiger partial charge in [-0.1, -0.05) is 55.0 Å². The van der Waals surface area contributed by atoms with Crippen LogP contribution in [-0.4, -0.2) is 56.9 Å². The van der Waals surface area contributed by atoms with E-state index in [1.54, 1.807) is 36.4 Å². The van der Waals surface area contributed by atoms with E-state index in [9.17, 15) is 18.0 Å². The summed E-state index contributed by atoms with van der Waals surface area (Å²) in [5.41, 5.74) is 2.26. The van der Waals surface area contributed by atoms with Gasteiger partial charge in [0.05, 0.1) is 17.2 Å². The van der Waals surface area contributed by atoms with Crippen LogP contribution in [0.1, 0.15) is 45.2 Å². The Morgan fingerprint density at radius 1 is 0.902 bits per heavy atom. The summed E-state index contributed by atoms with van der Waals surface area (Å²) in [6.07, 6.45) is 0.901. The molecule has 0 fully saturated rings. The van der Waals surface area contributed by atoms with Gasteiger partial charge < -0.3 is 15.0 Å². The first kappa shape index (κ1) is 31.7. The summed E-state index contributed by atoms with van der Waals surface area (Å²) in [4.78, 5) is 28.8. The third-order valence-corrected chi connectivity index (χ3v) is 8.41. The molecule has 3 aromatic carbocycles. The normalized spacial score (nSPS) is 12.0. The highest BCUT2D eigenvalue weighted by atomic mass is 32.2. The van der Waals surface area contributed by atoms with Crippen molar-refractivity contribution < 1.29 is 22.7 Å². The third-order valence-electron chi connectivity index (χ3n) is 6.62. The van der Waals surface area contributed by atoms with Gasteiger partial charge in [-0.3, -0.25) is 13.9 Å². The third kappa shape index (κ3) is 8.57. The lowest BCUT2D eigenvalue weighted by atomic mass is 10.1. The van der Waals surface area contributed by atoms with Crippen LogP contribution in [0.25, 0.3) is 0 Å². The molecule has 8 nitrogen and oxygen atoms in total. The zero-order valence-corrected chi connectivity index (χ0v) is 25.4. The van der Waals surface area contributed by atoms with E-state index in [-0.39, 0.29) is 23.4 Å². The quantitative estimate of drug-likeness (QED) is 0.291.